The molecule has 6 aromatic heterocycles. The molecule has 0 saturated carbocycles. The van der Waals surface area contributed by atoms with Crippen LogP contribution in [0.2, 0.25) is 0 Å². The molecular formula is C22H17N9. The molecule has 0 aliphatic heterocycles. The molecule has 0 spiro atoms. The standard InChI is InChI=1S/C22H17N9/c1-12-25-11-17(31(12)2)13-6-7-16-20(26-13)21(30-29-16)22-27-15-8-10-24-18(19(15)28-22)14-5-3-4-9-23-14/h3-11H,1-2H3,(H,27,28)(H,29,30). The van der Waals surface area contributed by atoms with Crippen LogP contribution in [0.3, 0.4) is 0 Å². The monoisotopic (exact) mass is 407 g/mol. The number of aryl methyl sites for hydroxylation is 1. The molecule has 150 valence electrons. The van der Waals surface area contributed by atoms with Crippen LogP contribution in [-0.2, 0) is 7.05 Å². The molecule has 9 nitrogen and oxygen atoms in total. The predicted octanol–water partition coefficient (Wildman–Crippen LogP) is 3.67. The lowest BCUT2D eigenvalue weighted by molar-refractivity contribution is 0.862. The van der Waals surface area contributed by atoms with Gasteiger partial charge >= 0.3 is 0 Å². The van der Waals surface area contributed by atoms with Crippen LogP contribution in [-0.4, -0.2) is 44.7 Å². The number of rotatable bonds is 3. The molecule has 0 saturated heterocycles. The van der Waals surface area contributed by atoms with Crippen LogP contribution in [0.15, 0.2) is 55.0 Å². The van der Waals surface area contributed by atoms with Crippen LogP contribution in [0.1, 0.15) is 5.82 Å². The van der Waals surface area contributed by atoms with Crippen molar-refractivity contribution in [3.05, 3.63) is 60.8 Å². The lowest BCUT2D eigenvalue weighted by Crippen LogP contribution is -1.96. The number of imidazole rings is 2. The van der Waals surface area contributed by atoms with Crippen molar-refractivity contribution in [3.63, 3.8) is 0 Å². The highest BCUT2D eigenvalue weighted by Crippen LogP contribution is 2.30. The second-order valence-corrected chi connectivity index (χ2v) is 7.27. The first kappa shape index (κ1) is 17.5. The van der Waals surface area contributed by atoms with Crippen LogP contribution >= 0.6 is 0 Å². The summed E-state index contributed by atoms with van der Waals surface area (Å²) in [4.78, 5) is 26.3. The quantitative estimate of drug-likeness (QED) is 0.463. The Labute approximate surface area is 176 Å². The van der Waals surface area contributed by atoms with Crippen molar-refractivity contribution in [1.29, 1.82) is 0 Å². The van der Waals surface area contributed by atoms with E-state index >= 15 is 0 Å². The smallest absolute Gasteiger partial charge is 0.161 e. The molecule has 2 N–H and O–H groups in total. The number of fused-ring (bicyclic) bond motifs is 2. The van der Waals surface area contributed by atoms with E-state index < -0.39 is 0 Å². The van der Waals surface area contributed by atoms with Gasteiger partial charge in [0.25, 0.3) is 0 Å². The Morgan fingerprint density at radius 1 is 0.806 bits per heavy atom. The Balaban J connectivity index is 1.52. The zero-order valence-electron chi connectivity index (χ0n) is 16.8. The first-order valence-electron chi connectivity index (χ1n) is 9.79. The fourth-order valence-corrected chi connectivity index (χ4v) is 3.68. The third kappa shape index (κ3) is 2.71. The minimum Gasteiger partial charge on any atom is -0.336 e. The zero-order chi connectivity index (χ0) is 20.9. The number of nitrogens with one attached hydrogen (secondary N) is 2. The van der Waals surface area contributed by atoms with Crippen LogP contribution in [0.25, 0.3) is 56.4 Å². The van der Waals surface area contributed by atoms with Crippen molar-refractivity contribution >= 4 is 22.1 Å². The molecule has 6 aromatic rings. The minimum absolute atomic E-state index is 0.622. The molecule has 0 bridgehead atoms. The first-order valence-corrected chi connectivity index (χ1v) is 9.79. The molecule has 0 aliphatic rings. The van der Waals surface area contributed by atoms with Gasteiger partial charge in [-0.05, 0) is 37.3 Å². The maximum absolute atomic E-state index is 4.86. The molecule has 0 aliphatic carbocycles. The Kier molecular flexibility index (Phi) is 3.69. The maximum Gasteiger partial charge on any atom is 0.161 e. The van der Waals surface area contributed by atoms with Gasteiger partial charge in [-0.1, -0.05) is 6.07 Å². The molecule has 6 heterocycles. The van der Waals surface area contributed by atoms with Crippen molar-refractivity contribution in [2.75, 3.05) is 0 Å². The third-order valence-corrected chi connectivity index (χ3v) is 5.42. The molecule has 0 aromatic carbocycles. The van der Waals surface area contributed by atoms with E-state index in [1.807, 2.05) is 61.1 Å². The third-order valence-electron chi connectivity index (χ3n) is 5.42. The Hall–Kier alpha value is -4.40. The van der Waals surface area contributed by atoms with E-state index in [4.69, 9.17) is 9.97 Å². The van der Waals surface area contributed by atoms with Gasteiger partial charge in [0.15, 0.2) is 11.5 Å². The van der Waals surface area contributed by atoms with Crippen molar-refractivity contribution < 1.29 is 0 Å². The van der Waals surface area contributed by atoms with Gasteiger partial charge in [0.1, 0.15) is 22.6 Å². The van der Waals surface area contributed by atoms with Gasteiger partial charge in [-0.3, -0.25) is 15.1 Å². The number of pyridine rings is 3. The highest BCUT2D eigenvalue weighted by Gasteiger charge is 2.18. The first-order chi connectivity index (χ1) is 15.2. The van der Waals surface area contributed by atoms with Gasteiger partial charge < -0.3 is 9.55 Å². The van der Waals surface area contributed by atoms with Crippen molar-refractivity contribution in [1.82, 2.24) is 44.7 Å². The molecule has 0 amide bonds. The zero-order valence-corrected chi connectivity index (χ0v) is 16.8. The fourth-order valence-electron chi connectivity index (χ4n) is 3.68. The molecule has 9 heteroatoms. The summed E-state index contributed by atoms with van der Waals surface area (Å²) in [6.07, 6.45) is 5.32. The number of hydrogen-bond acceptors (Lipinski definition) is 6. The van der Waals surface area contributed by atoms with E-state index in [-0.39, 0.29) is 0 Å². The summed E-state index contributed by atoms with van der Waals surface area (Å²) in [6.45, 7) is 1.97. The van der Waals surface area contributed by atoms with Crippen molar-refractivity contribution in [3.8, 4) is 34.3 Å². The average molecular weight is 407 g/mol. The molecular weight excluding hydrogens is 390 g/mol. The summed E-state index contributed by atoms with van der Waals surface area (Å²) in [5.74, 6) is 1.55. The Morgan fingerprint density at radius 2 is 1.71 bits per heavy atom. The van der Waals surface area contributed by atoms with Gasteiger partial charge in [0.05, 0.1) is 34.3 Å². The molecule has 31 heavy (non-hydrogen) atoms. The lowest BCUT2D eigenvalue weighted by atomic mass is 10.2. The number of hydrogen-bond donors (Lipinski definition) is 2. The van der Waals surface area contributed by atoms with Crippen molar-refractivity contribution in [2.24, 2.45) is 7.05 Å². The minimum atomic E-state index is 0.622. The molecule has 0 fully saturated rings. The van der Waals surface area contributed by atoms with E-state index in [2.05, 4.69) is 30.1 Å². The number of aromatic amines is 2. The average Bonchev–Trinajstić information content (AvgIpc) is 3.50. The predicted molar refractivity (Wildman–Crippen MR) is 117 cm³/mol. The molecule has 0 unspecified atom stereocenters. The number of H-pyrrole nitrogens is 2. The summed E-state index contributed by atoms with van der Waals surface area (Å²) in [6, 6.07) is 11.6. The van der Waals surface area contributed by atoms with E-state index in [9.17, 15) is 0 Å². The van der Waals surface area contributed by atoms with Gasteiger partial charge in [-0.25, -0.2) is 15.0 Å². The maximum atomic E-state index is 4.86. The summed E-state index contributed by atoms with van der Waals surface area (Å²) in [7, 11) is 1.98. The highest BCUT2D eigenvalue weighted by molar-refractivity contribution is 5.94. The van der Waals surface area contributed by atoms with Crippen LogP contribution in [0.5, 0.6) is 0 Å². The van der Waals surface area contributed by atoms with E-state index in [1.54, 1.807) is 12.4 Å². The number of nitrogens with zero attached hydrogens (tertiary/aromatic N) is 7. The van der Waals surface area contributed by atoms with Crippen molar-refractivity contribution in [2.45, 2.75) is 6.92 Å². The highest BCUT2D eigenvalue weighted by atomic mass is 15.2. The van der Waals surface area contributed by atoms with E-state index in [0.29, 0.717) is 11.5 Å². The summed E-state index contributed by atoms with van der Waals surface area (Å²) < 4.78 is 2.01. The second kappa shape index (κ2) is 6.56. The van der Waals surface area contributed by atoms with E-state index in [0.717, 1.165) is 50.7 Å². The summed E-state index contributed by atoms with van der Waals surface area (Å²) >= 11 is 0. The van der Waals surface area contributed by atoms with Gasteiger partial charge in [-0.2, -0.15) is 5.10 Å². The molecule has 6 rings (SSSR count). The number of aromatic nitrogens is 9. The summed E-state index contributed by atoms with van der Waals surface area (Å²) in [5, 5.41) is 7.54. The van der Waals surface area contributed by atoms with Gasteiger partial charge in [0, 0.05) is 19.4 Å². The normalized spacial score (nSPS) is 11.5. The van der Waals surface area contributed by atoms with Crippen LogP contribution in [0, 0.1) is 6.92 Å². The second-order valence-electron chi connectivity index (χ2n) is 7.27. The Bertz CT molecular complexity index is 1560. The summed E-state index contributed by atoms with van der Waals surface area (Å²) in [5.41, 5.74) is 7.08. The topological polar surface area (TPSA) is 114 Å². The fraction of sp³-hybridized carbons (Fsp3) is 0.0909. The largest absolute Gasteiger partial charge is 0.336 e. The van der Waals surface area contributed by atoms with E-state index in [1.165, 1.54) is 0 Å². The Morgan fingerprint density at radius 3 is 2.52 bits per heavy atom. The van der Waals surface area contributed by atoms with Crippen LogP contribution in [0.4, 0.5) is 0 Å². The van der Waals surface area contributed by atoms with Gasteiger partial charge in [-0.15, -0.1) is 0 Å². The SMILES string of the molecule is Cc1ncc(-c2ccc3[nH]nc(-c4nc5c(-c6ccccn6)nccc5[nH]4)c3n2)n1C. The molecule has 0 atom stereocenters. The van der Waals surface area contributed by atoms with Crippen LogP contribution < -0.4 is 0 Å². The van der Waals surface area contributed by atoms with Gasteiger partial charge in [0.2, 0.25) is 0 Å². The lowest BCUT2D eigenvalue weighted by Gasteiger charge is -2.03. The molecule has 0 radical (unpaired) electrons.